The Bertz CT molecular complexity index is 1900. The van der Waals surface area contributed by atoms with E-state index in [-0.39, 0.29) is 11.8 Å². The van der Waals surface area contributed by atoms with Crippen molar-refractivity contribution in [2.45, 2.75) is 13.8 Å². The number of hydrogen-bond acceptors (Lipinski definition) is 14. The molecule has 0 aliphatic carbocycles. The van der Waals surface area contributed by atoms with E-state index in [1.807, 2.05) is 26.0 Å². The number of nitrogens with zero attached hydrogens (tertiary/aromatic N) is 8. The minimum absolute atomic E-state index is 0.0491. The number of benzene rings is 2. The Kier molecular flexibility index (Phi) is 13.6. The van der Waals surface area contributed by atoms with E-state index in [0.717, 1.165) is 0 Å². The van der Waals surface area contributed by atoms with Crippen LogP contribution < -0.4 is 30.7 Å². The van der Waals surface area contributed by atoms with Crippen LogP contribution in [0.5, 0.6) is 11.5 Å². The van der Waals surface area contributed by atoms with Gasteiger partial charge in [0.1, 0.15) is 46.4 Å². The highest BCUT2D eigenvalue weighted by molar-refractivity contribution is 5.96. The standard InChI is InChI=1S/C18H22N6O2.C16H18N6O2/c1-5-24(6-2)17(25)12-7-8-14(15(9-12)26-4)22-18-21-11-13(10-19)16(20-3)23-18;1-18-14-11(8-17)9-19-16(21-14)20-12-6-5-10(7-13(12)24-4)15(23)22(2)3/h7-9,11H,5-6H2,1-4H3,(H2,20,21,22,23);5-7,9H,1-4H3,(H2,18,19,20,21). The Morgan fingerprint density at radius 3 is 1.50 bits per heavy atom. The molecule has 0 saturated heterocycles. The minimum Gasteiger partial charge on any atom is -0.495 e. The number of amides is 2. The van der Waals surface area contributed by atoms with Crippen LogP contribution in [0.15, 0.2) is 48.8 Å². The van der Waals surface area contributed by atoms with Gasteiger partial charge in [0.2, 0.25) is 11.9 Å². The van der Waals surface area contributed by atoms with Gasteiger partial charge in [-0.2, -0.15) is 20.5 Å². The van der Waals surface area contributed by atoms with Gasteiger partial charge in [-0.25, -0.2) is 9.97 Å². The van der Waals surface area contributed by atoms with Crippen LogP contribution in [0.2, 0.25) is 0 Å². The van der Waals surface area contributed by atoms with E-state index in [1.54, 1.807) is 69.5 Å². The minimum atomic E-state index is -0.119. The lowest BCUT2D eigenvalue weighted by molar-refractivity contribution is 0.0771. The van der Waals surface area contributed by atoms with Crippen LogP contribution in [0, 0.1) is 22.7 Å². The molecule has 50 heavy (non-hydrogen) atoms. The van der Waals surface area contributed by atoms with Gasteiger partial charge in [0.05, 0.1) is 38.0 Å². The summed E-state index contributed by atoms with van der Waals surface area (Å²) in [4.78, 5) is 44.5. The fourth-order valence-corrected chi connectivity index (χ4v) is 4.48. The molecule has 0 unspecified atom stereocenters. The first-order valence-electron chi connectivity index (χ1n) is 15.4. The number of hydrogen-bond donors (Lipinski definition) is 4. The fraction of sp³-hybridized carbons (Fsp3) is 0.294. The highest BCUT2D eigenvalue weighted by Gasteiger charge is 2.17. The predicted octanol–water partition coefficient (Wildman–Crippen LogP) is 4.47. The number of rotatable bonds is 12. The normalized spacial score (nSPS) is 9.88. The third kappa shape index (κ3) is 9.23. The van der Waals surface area contributed by atoms with E-state index < -0.39 is 0 Å². The maximum absolute atomic E-state index is 12.5. The molecule has 0 aliphatic rings. The summed E-state index contributed by atoms with van der Waals surface area (Å²) in [6, 6.07) is 14.2. The van der Waals surface area contributed by atoms with Crippen molar-refractivity contribution in [3.63, 3.8) is 0 Å². The summed E-state index contributed by atoms with van der Waals surface area (Å²) in [5.74, 6) is 2.30. The molecule has 0 saturated carbocycles. The van der Waals surface area contributed by atoms with Gasteiger partial charge in [0.25, 0.3) is 11.8 Å². The number of carbonyl (C=O) groups is 2. The molecule has 0 spiro atoms. The average molecular weight is 681 g/mol. The number of methoxy groups -OCH3 is 2. The second kappa shape index (κ2) is 18.0. The number of carbonyl (C=O) groups excluding carboxylic acids is 2. The van der Waals surface area contributed by atoms with Crippen LogP contribution in [-0.4, -0.2) is 97.0 Å². The number of nitriles is 2. The molecule has 0 bridgehead atoms. The molecule has 4 N–H and O–H groups in total. The Morgan fingerprint density at radius 2 is 1.16 bits per heavy atom. The third-order valence-corrected chi connectivity index (χ3v) is 7.14. The number of anilines is 6. The van der Waals surface area contributed by atoms with Crippen LogP contribution in [0.4, 0.5) is 34.9 Å². The molecule has 2 aromatic carbocycles. The molecule has 16 nitrogen and oxygen atoms in total. The lowest BCUT2D eigenvalue weighted by Gasteiger charge is -2.19. The number of aromatic nitrogens is 4. The Hall–Kier alpha value is -6.68. The number of ether oxygens (including phenoxy) is 2. The van der Waals surface area contributed by atoms with E-state index in [2.05, 4.69) is 41.2 Å². The highest BCUT2D eigenvalue weighted by atomic mass is 16.5. The zero-order valence-corrected chi connectivity index (χ0v) is 29.2. The zero-order chi connectivity index (χ0) is 36.8. The lowest BCUT2D eigenvalue weighted by atomic mass is 10.1. The number of nitrogens with one attached hydrogen (secondary N) is 4. The average Bonchev–Trinajstić information content (AvgIpc) is 3.15. The summed E-state index contributed by atoms with van der Waals surface area (Å²) in [7, 11) is 9.78. The summed E-state index contributed by atoms with van der Waals surface area (Å²) in [6.07, 6.45) is 2.86. The molecule has 2 aromatic heterocycles. The zero-order valence-electron chi connectivity index (χ0n) is 29.2. The largest absolute Gasteiger partial charge is 0.495 e. The molecule has 16 heteroatoms. The van der Waals surface area contributed by atoms with Crippen molar-refractivity contribution >= 4 is 46.7 Å². The molecular weight excluding hydrogens is 640 g/mol. The van der Waals surface area contributed by atoms with Gasteiger partial charge in [0, 0.05) is 52.4 Å². The Morgan fingerprint density at radius 1 is 0.740 bits per heavy atom. The van der Waals surface area contributed by atoms with Crippen molar-refractivity contribution in [2.75, 3.05) is 76.8 Å². The van der Waals surface area contributed by atoms with E-state index in [0.29, 0.717) is 81.7 Å². The summed E-state index contributed by atoms with van der Waals surface area (Å²) in [5.41, 5.74) is 2.99. The second-order valence-corrected chi connectivity index (χ2v) is 10.4. The van der Waals surface area contributed by atoms with Crippen molar-refractivity contribution in [1.82, 2.24) is 29.7 Å². The van der Waals surface area contributed by atoms with Crippen LogP contribution >= 0.6 is 0 Å². The van der Waals surface area contributed by atoms with Crippen molar-refractivity contribution in [2.24, 2.45) is 0 Å². The Balaban J connectivity index is 0.000000271. The SMILES string of the molecule is CCN(CC)C(=O)c1ccc(Nc2ncc(C#N)c(NC)n2)c(OC)c1.CNc1nc(Nc2ccc(C(=O)N(C)C)cc2OC)ncc1C#N. The molecule has 0 fully saturated rings. The van der Waals surface area contributed by atoms with Gasteiger partial charge >= 0.3 is 0 Å². The van der Waals surface area contributed by atoms with Crippen molar-refractivity contribution < 1.29 is 19.1 Å². The quantitative estimate of drug-likeness (QED) is 0.163. The maximum atomic E-state index is 12.5. The Labute approximate surface area is 291 Å². The monoisotopic (exact) mass is 680 g/mol. The molecule has 260 valence electrons. The van der Waals surface area contributed by atoms with Gasteiger partial charge in [-0.05, 0) is 50.2 Å². The molecule has 0 aliphatic heterocycles. The van der Waals surface area contributed by atoms with Crippen LogP contribution in [0.1, 0.15) is 45.7 Å². The molecule has 2 heterocycles. The molecule has 0 radical (unpaired) electrons. The highest BCUT2D eigenvalue weighted by Crippen LogP contribution is 2.30. The van der Waals surface area contributed by atoms with E-state index in [9.17, 15) is 9.59 Å². The first kappa shape index (κ1) is 37.8. The third-order valence-electron chi connectivity index (χ3n) is 7.14. The summed E-state index contributed by atoms with van der Waals surface area (Å²) < 4.78 is 10.7. The van der Waals surface area contributed by atoms with Crippen LogP contribution in [0.3, 0.4) is 0 Å². The van der Waals surface area contributed by atoms with Crippen molar-refractivity contribution in [3.8, 4) is 23.6 Å². The van der Waals surface area contributed by atoms with E-state index in [4.69, 9.17) is 20.0 Å². The van der Waals surface area contributed by atoms with Gasteiger partial charge in [0.15, 0.2) is 0 Å². The molecule has 4 rings (SSSR count). The van der Waals surface area contributed by atoms with Crippen LogP contribution in [-0.2, 0) is 0 Å². The lowest BCUT2D eigenvalue weighted by Crippen LogP contribution is -2.30. The molecule has 0 atom stereocenters. The van der Waals surface area contributed by atoms with Gasteiger partial charge in [-0.1, -0.05) is 0 Å². The molecule has 4 aromatic rings. The first-order chi connectivity index (χ1) is 24.1. The first-order valence-corrected chi connectivity index (χ1v) is 15.4. The summed E-state index contributed by atoms with van der Waals surface area (Å²) in [6.45, 7) is 5.17. The van der Waals surface area contributed by atoms with Gasteiger partial charge in [-0.3, -0.25) is 9.59 Å². The van der Waals surface area contributed by atoms with Gasteiger partial charge < -0.3 is 40.5 Å². The maximum Gasteiger partial charge on any atom is 0.253 e. The topological polar surface area (TPSA) is 206 Å². The molecule has 2 amide bonds. The van der Waals surface area contributed by atoms with E-state index in [1.165, 1.54) is 31.5 Å². The molecular formula is C34H40N12O4. The van der Waals surface area contributed by atoms with Gasteiger partial charge in [-0.15, -0.1) is 0 Å². The van der Waals surface area contributed by atoms with Crippen LogP contribution in [0.25, 0.3) is 0 Å². The van der Waals surface area contributed by atoms with Crippen molar-refractivity contribution in [1.29, 1.82) is 10.5 Å². The fourth-order valence-electron chi connectivity index (χ4n) is 4.48. The smallest absolute Gasteiger partial charge is 0.253 e. The second-order valence-electron chi connectivity index (χ2n) is 10.4. The van der Waals surface area contributed by atoms with E-state index >= 15 is 0 Å². The summed E-state index contributed by atoms with van der Waals surface area (Å²) >= 11 is 0. The van der Waals surface area contributed by atoms with Crippen molar-refractivity contribution in [3.05, 3.63) is 71.0 Å². The summed E-state index contributed by atoms with van der Waals surface area (Å²) in [5, 5.41) is 29.8. The predicted molar refractivity (Wildman–Crippen MR) is 190 cm³/mol.